The molecule has 0 unspecified atom stereocenters. The van der Waals surface area contributed by atoms with Crippen LogP contribution in [0.2, 0.25) is 0 Å². The Kier molecular flexibility index (Phi) is 7.70. The van der Waals surface area contributed by atoms with Crippen LogP contribution in [-0.2, 0) is 5.41 Å². The van der Waals surface area contributed by atoms with Gasteiger partial charge >= 0.3 is 0 Å². The van der Waals surface area contributed by atoms with Crippen molar-refractivity contribution in [3.63, 3.8) is 0 Å². The van der Waals surface area contributed by atoms with Crippen LogP contribution >= 0.6 is 0 Å². The molecule has 0 atom stereocenters. The first-order valence-electron chi connectivity index (χ1n) is 18.3. The number of ether oxygens (including phenoxy) is 1. The fourth-order valence-electron chi connectivity index (χ4n) is 8.23. The third kappa shape index (κ3) is 5.13. The van der Waals surface area contributed by atoms with E-state index in [1.165, 1.54) is 11.1 Å². The molecule has 0 fully saturated rings. The summed E-state index contributed by atoms with van der Waals surface area (Å²) in [4.78, 5) is 10.0. The molecule has 3 heteroatoms. The molecule has 3 nitrogen and oxygen atoms in total. The van der Waals surface area contributed by atoms with Gasteiger partial charge in [-0.2, -0.15) is 0 Å². The SMILES string of the molecule is c1ccc(-c2nc(-c3ccc(-c4ccccc4-c4cccc5c4Oc4ccccc4C5(c4ccccc4)c4ccccc4)cc3)c3ccccc3n2)cc1. The summed E-state index contributed by atoms with van der Waals surface area (Å²) in [5.74, 6) is 2.45. The van der Waals surface area contributed by atoms with E-state index in [-0.39, 0.29) is 0 Å². The summed E-state index contributed by atoms with van der Waals surface area (Å²) in [6.07, 6.45) is 0. The predicted molar refractivity (Wildman–Crippen MR) is 220 cm³/mol. The van der Waals surface area contributed by atoms with E-state index in [0.717, 1.165) is 78.4 Å². The Morgan fingerprint density at radius 2 is 0.926 bits per heavy atom. The van der Waals surface area contributed by atoms with Crippen molar-refractivity contribution in [1.82, 2.24) is 9.97 Å². The van der Waals surface area contributed by atoms with Crippen molar-refractivity contribution >= 4 is 10.9 Å². The van der Waals surface area contributed by atoms with Crippen molar-refractivity contribution in [2.45, 2.75) is 5.41 Å². The van der Waals surface area contributed by atoms with Crippen LogP contribution < -0.4 is 4.74 Å². The van der Waals surface area contributed by atoms with E-state index < -0.39 is 5.41 Å². The molecule has 254 valence electrons. The largest absolute Gasteiger partial charge is 0.456 e. The number of aromatic nitrogens is 2. The molecule has 8 aromatic carbocycles. The van der Waals surface area contributed by atoms with Crippen molar-refractivity contribution < 1.29 is 4.74 Å². The van der Waals surface area contributed by atoms with Gasteiger partial charge in [0.15, 0.2) is 5.82 Å². The van der Waals surface area contributed by atoms with Crippen molar-refractivity contribution in [1.29, 1.82) is 0 Å². The summed E-state index contributed by atoms with van der Waals surface area (Å²) < 4.78 is 7.00. The topological polar surface area (TPSA) is 35.0 Å². The molecule has 1 aliphatic heterocycles. The number of nitrogens with zero attached hydrogens (tertiary/aromatic N) is 2. The molecule has 0 saturated heterocycles. The molecular weight excluding hydrogens is 657 g/mol. The van der Waals surface area contributed by atoms with Crippen molar-refractivity contribution in [3.8, 4) is 56.4 Å². The quantitative estimate of drug-likeness (QED) is 0.174. The molecule has 0 bridgehead atoms. The fourth-order valence-corrected chi connectivity index (χ4v) is 8.23. The van der Waals surface area contributed by atoms with Crippen LogP contribution in [0.1, 0.15) is 22.3 Å². The highest BCUT2D eigenvalue weighted by molar-refractivity contribution is 5.95. The lowest BCUT2D eigenvalue weighted by Gasteiger charge is -2.42. The van der Waals surface area contributed by atoms with E-state index in [1.54, 1.807) is 0 Å². The first kappa shape index (κ1) is 31.6. The molecule has 0 saturated carbocycles. The first-order valence-corrected chi connectivity index (χ1v) is 18.3. The molecule has 1 aromatic heterocycles. The number of fused-ring (bicyclic) bond motifs is 3. The van der Waals surface area contributed by atoms with E-state index in [1.807, 2.05) is 30.3 Å². The molecule has 0 radical (unpaired) electrons. The summed E-state index contributed by atoms with van der Waals surface area (Å²) in [6, 6.07) is 72.6. The third-order valence-electron chi connectivity index (χ3n) is 10.7. The predicted octanol–water partition coefficient (Wildman–Crippen LogP) is 12.8. The van der Waals surface area contributed by atoms with Gasteiger partial charge in [0, 0.05) is 33.2 Å². The number of benzene rings is 8. The average Bonchev–Trinajstić information content (AvgIpc) is 3.26. The Labute approximate surface area is 314 Å². The van der Waals surface area contributed by atoms with Gasteiger partial charge in [-0.1, -0.05) is 194 Å². The fraction of sp³-hybridized carbons (Fsp3) is 0.0196. The second-order valence-electron chi connectivity index (χ2n) is 13.7. The second kappa shape index (κ2) is 13.1. The van der Waals surface area contributed by atoms with Crippen LogP contribution in [0.25, 0.3) is 55.8 Å². The van der Waals surface area contributed by atoms with Gasteiger partial charge in [-0.15, -0.1) is 0 Å². The number of rotatable bonds is 6. The highest BCUT2D eigenvalue weighted by atomic mass is 16.5. The minimum Gasteiger partial charge on any atom is -0.456 e. The zero-order chi connectivity index (χ0) is 35.9. The minimum absolute atomic E-state index is 0.585. The lowest BCUT2D eigenvalue weighted by molar-refractivity contribution is 0.436. The maximum absolute atomic E-state index is 7.00. The van der Waals surface area contributed by atoms with Crippen LogP contribution in [0, 0.1) is 0 Å². The summed E-state index contributed by atoms with van der Waals surface area (Å²) >= 11 is 0. The van der Waals surface area contributed by atoms with Gasteiger partial charge in [-0.3, -0.25) is 0 Å². The molecule has 9 aromatic rings. The van der Waals surface area contributed by atoms with Crippen molar-refractivity contribution in [3.05, 3.63) is 229 Å². The van der Waals surface area contributed by atoms with Gasteiger partial charge in [0.1, 0.15) is 11.5 Å². The first-order chi connectivity index (χ1) is 26.8. The monoisotopic (exact) mass is 690 g/mol. The highest BCUT2D eigenvalue weighted by Crippen LogP contribution is 2.57. The number of para-hydroxylation sites is 3. The van der Waals surface area contributed by atoms with Crippen LogP contribution in [0.15, 0.2) is 206 Å². The minimum atomic E-state index is -0.585. The Hall–Kier alpha value is -7.10. The van der Waals surface area contributed by atoms with Gasteiger partial charge in [0.05, 0.1) is 16.6 Å². The molecule has 10 rings (SSSR count). The van der Waals surface area contributed by atoms with Gasteiger partial charge in [-0.25, -0.2) is 9.97 Å². The molecule has 0 aliphatic carbocycles. The van der Waals surface area contributed by atoms with E-state index in [2.05, 4.69) is 176 Å². The standard InChI is InChI=1S/C51H34N2O/c1-4-17-37(18-5-1)50-52-46-29-14-12-25-43(46)48(53-50)36-33-31-35(32-34-36)40-23-10-11-24-41(40)42-26-16-28-45-49(42)54-47-30-15-13-27-44(47)51(45,38-19-6-2-7-20-38)39-21-8-3-9-22-39/h1-34H. The molecule has 54 heavy (non-hydrogen) atoms. The van der Waals surface area contributed by atoms with Crippen LogP contribution in [-0.4, -0.2) is 9.97 Å². The second-order valence-corrected chi connectivity index (χ2v) is 13.7. The van der Waals surface area contributed by atoms with Gasteiger partial charge < -0.3 is 4.74 Å². The van der Waals surface area contributed by atoms with Crippen LogP contribution in [0.3, 0.4) is 0 Å². The van der Waals surface area contributed by atoms with E-state index in [0.29, 0.717) is 0 Å². The van der Waals surface area contributed by atoms with Crippen LogP contribution in [0.4, 0.5) is 0 Å². The molecule has 0 N–H and O–H groups in total. The molecular formula is C51H34N2O. The average molecular weight is 691 g/mol. The van der Waals surface area contributed by atoms with Gasteiger partial charge in [0.2, 0.25) is 0 Å². The smallest absolute Gasteiger partial charge is 0.160 e. The summed E-state index contributed by atoms with van der Waals surface area (Å²) in [7, 11) is 0. The Balaban J connectivity index is 1.13. The van der Waals surface area contributed by atoms with Crippen molar-refractivity contribution in [2.75, 3.05) is 0 Å². The van der Waals surface area contributed by atoms with Crippen molar-refractivity contribution in [2.24, 2.45) is 0 Å². The van der Waals surface area contributed by atoms with Gasteiger partial charge in [0.25, 0.3) is 0 Å². The summed E-state index contributed by atoms with van der Waals surface area (Å²) in [5, 5.41) is 1.03. The molecule has 1 aliphatic rings. The normalized spacial score (nSPS) is 12.7. The van der Waals surface area contributed by atoms with E-state index in [9.17, 15) is 0 Å². The Morgan fingerprint density at radius 1 is 0.370 bits per heavy atom. The Morgan fingerprint density at radius 3 is 1.67 bits per heavy atom. The zero-order valence-electron chi connectivity index (χ0n) is 29.4. The number of hydrogen-bond donors (Lipinski definition) is 0. The molecule has 0 spiro atoms. The van der Waals surface area contributed by atoms with Gasteiger partial charge in [-0.05, 0) is 39.9 Å². The Bertz CT molecular complexity index is 2740. The van der Waals surface area contributed by atoms with E-state index in [4.69, 9.17) is 14.7 Å². The van der Waals surface area contributed by atoms with Crippen LogP contribution in [0.5, 0.6) is 11.5 Å². The molecule has 2 heterocycles. The summed E-state index contributed by atoms with van der Waals surface area (Å²) in [6.45, 7) is 0. The third-order valence-corrected chi connectivity index (χ3v) is 10.7. The number of hydrogen-bond acceptors (Lipinski definition) is 3. The lowest BCUT2D eigenvalue weighted by atomic mass is 9.63. The van der Waals surface area contributed by atoms with E-state index >= 15 is 0 Å². The molecule has 0 amide bonds. The zero-order valence-corrected chi connectivity index (χ0v) is 29.4. The summed E-state index contributed by atoms with van der Waals surface area (Å²) in [5.41, 5.74) is 12.3. The lowest BCUT2D eigenvalue weighted by Crippen LogP contribution is -2.34. The maximum atomic E-state index is 7.00. The maximum Gasteiger partial charge on any atom is 0.160 e. The highest BCUT2D eigenvalue weighted by Gasteiger charge is 2.46.